The molecule has 2 aliphatic heterocycles. The van der Waals surface area contributed by atoms with Crippen LogP contribution in [-0.4, -0.2) is 59.2 Å². The molecule has 0 saturated heterocycles. The SMILES string of the molecule is NC(=O)N/N=C/C(CC(=O)O)NC(=O)C1Cc2cccc3c2N1C(=O)C(NC(=O)c1cccc2c1C=CCC=C2)CCC3. The van der Waals surface area contributed by atoms with Gasteiger partial charge in [-0.25, -0.2) is 10.2 Å². The summed E-state index contributed by atoms with van der Waals surface area (Å²) in [6.07, 6.45) is 11.0. The Hall–Kier alpha value is -5.26. The number of carboxylic acids is 1. The number of aryl methyl sites for hydroxylation is 1. The second kappa shape index (κ2) is 12.7. The van der Waals surface area contributed by atoms with E-state index in [1.807, 2.05) is 54.0 Å². The number of nitrogens with one attached hydrogen (secondary N) is 3. The fraction of sp³-hybridized carbons (Fsp3) is 0.290. The molecule has 5 rings (SSSR count). The van der Waals surface area contributed by atoms with Crippen molar-refractivity contribution in [1.82, 2.24) is 16.1 Å². The van der Waals surface area contributed by atoms with E-state index in [2.05, 4.69) is 15.7 Å². The lowest BCUT2D eigenvalue weighted by atomic mass is 9.96. The van der Waals surface area contributed by atoms with Crippen LogP contribution >= 0.6 is 0 Å². The molecular weight excluding hydrogens is 552 g/mol. The minimum atomic E-state index is -1.21. The minimum Gasteiger partial charge on any atom is -0.481 e. The Kier molecular flexibility index (Phi) is 8.65. The number of fused-ring (bicyclic) bond motifs is 1. The smallest absolute Gasteiger partial charge is 0.332 e. The Morgan fingerprint density at radius 2 is 1.86 bits per heavy atom. The standard InChI is InChI=1S/C31H32N6O6/c32-31(43)36-33-17-21(16-26(38)39)34-29(41)25-15-20-11-4-9-19-10-6-14-24(30(42)37(25)27(19)20)35-28(40)23-13-5-8-18-7-2-1-3-12-22(18)23/h2-5,7-9,11-13,17,21,24-25H,1,6,10,14-16H2,(H,34,41)(H,35,40)(H,38,39)(H3,32,36,43)/b33-17+. The molecule has 0 saturated carbocycles. The first-order valence-electron chi connectivity index (χ1n) is 14.0. The zero-order valence-electron chi connectivity index (χ0n) is 23.3. The highest BCUT2D eigenvalue weighted by atomic mass is 16.4. The second-order valence-corrected chi connectivity index (χ2v) is 10.6. The number of aliphatic carboxylic acids is 1. The van der Waals surface area contributed by atoms with Crippen molar-refractivity contribution >= 4 is 53.8 Å². The maximum Gasteiger partial charge on any atom is 0.332 e. The summed E-state index contributed by atoms with van der Waals surface area (Å²) in [5.74, 6) is -2.61. The number of hydrogen-bond acceptors (Lipinski definition) is 6. The molecule has 2 heterocycles. The number of rotatable bonds is 8. The molecule has 0 fully saturated rings. The lowest BCUT2D eigenvalue weighted by Crippen LogP contribution is -2.56. The Bertz CT molecular complexity index is 1560. The number of carbonyl (C=O) groups excluding carboxylic acids is 4. The van der Waals surface area contributed by atoms with Gasteiger partial charge in [0.25, 0.3) is 5.91 Å². The van der Waals surface area contributed by atoms with Crippen LogP contribution in [-0.2, 0) is 27.2 Å². The number of carboxylic acid groups (broad SMARTS) is 1. The van der Waals surface area contributed by atoms with Crippen LogP contribution in [0.15, 0.2) is 53.7 Å². The zero-order chi connectivity index (χ0) is 30.5. The van der Waals surface area contributed by atoms with Crippen LogP contribution in [0.5, 0.6) is 0 Å². The molecule has 12 nitrogen and oxygen atoms in total. The van der Waals surface area contributed by atoms with E-state index in [4.69, 9.17) is 5.73 Å². The molecule has 2 aromatic rings. The van der Waals surface area contributed by atoms with Crippen LogP contribution < -0.4 is 26.7 Å². The number of urea groups is 1. The van der Waals surface area contributed by atoms with Gasteiger partial charge in [-0.15, -0.1) is 0 Å². The third kappa shape index (κ3) is 6.48. The molecule has 43 heavy (non-hydrogen) atoms. The average molecular weight is 585 g/mol. The van der Waals surface area contributed by atoms with Gasteiger partial charge in [-0.05, 0) is 54.0 Å². The van der Waals surface area contributed by atoms with E-state index < -0.39 is 48.4 Å². The van der Waals surface area contributed by atoms with Gasteiger partial charge in [-0.3, -0.25) is 24.1 Å². The molecule has 6 N–H and O–H groups in total. The summed E-state index contributed by atoms with van der Waals surface area (Å²) in [5.41, 5.74) is 11.5. The fourth-order valence-electron chi connectivity index (χ4n) is 5.78. The first kappa shape index (κ1) is 29.2. The lowest BCUT2D eigenvalue weighted by molar-refractivity contribution is -0.137. The fourth-order valence-corrected chi connectivity index (χ4v) is 5.78. The number of benzene rings is 2. The van der Waals surface area contributed by atoms with Crippen LogP contribution in [0.3, 0.4) is 0 Å². The van der Waals surface area contributed by atoms with Crippen molar-refractivity contribution in [2.24, 2.45) is 10.8 Å². The molecular formula is C31H32N6O6. The number of para-hydroxylation sites is 1. The van der Waals surface area contributed by atoms with Gasteiger partial charge in [0, 0.05) is 18.2 Å². The molecule has 3 aliphatic rings. The molecule has 0 radical (unpaired) electrons. The number of primary amides is 1. The zero-order valence-corrected chi connectivity index (χ0v) is 23.3. The van der Waals surface area contributed by atoms with E-state index in [0.29, 0.717) is 30.5 Å². The number of anilines is 1. The van der Waals surface area contributed by atoms with Crippen molar-refractivity contribution in [2.45, 2.75) is 56.7 Å². The van der Waals surface area contributed by atoms with Crippen LogP contribution in [0.2, 0.25) is 0 Å². The van der Waals surface area contributed by atoms with Crippen molar-refractivity contribution in [2.75, 3.05) is 4.90 Å². The van der Waals surface area contributed by atoms with Crippen LogP contribution in [0, 0.1) is 0 Å². The molecule has 3 unspecified atom stereocenters. The quantitative estimate of drug-likeness (QED) is 0.234. The van der Waals surface area contributed by atoms with Gasteiger partial charge in [0.15, 0.2) is 0 Å². The average Bonchev–Trinajstić information content (AvgIpc) is 3.19. The lowest BCUT2D eigenvalue weighted by Gasteiger charge is -2.32. The van der Waals surface area contributed by atoms with E-state index >= 15 is 0 Å². The summed E-state index contributed by atoms with van der Waals surface area (Å²) in [7, 11) is 0. The molecule has 1 aliphatic carbocycles. The second-order valence-electron chi connectivity index (χ2n) is 10.6. The Morgan fingerprint density at radius 3 is 2.65 bits per heavy atom. The first-order valence-corrected chi connectivity index (χ1v) is 14.0. The van der Waals surface area contributed by atoms with Crippen molar-refractivity contribution in [3.05, 3.63) is 76.4 Å². The summed E-state index contributed by atoms with van der Waals surface area (Å²) in [5, 5.41) is 18.5. The van der Waals surface area contributed by atoms with Crippen molar-refractivity contribution in [3.8, 4) is 0 Å². The summed E-state index contributed by atoms with van der Waals surface area (Å²) < 4.78 is 0. The summed E-state index contributed by atoms with van der Waals surface area (Å²) >= 11 is 0. The summed E-state index contributed by atoms with van der Waals surface area (Å²) in [4.78, 5) is 65.2. The van der Waals surface area contributed by atoms with E-state index in [-0.39, 0.29) is 12.3 Å². The monoisotopic (exact) mass is 584 g/mol. The maximum atomic E-state index is 14.2. The van der Waals surface area contributed by atoms with Crippen molar-refractivity contribution < 1.29 is 29.1 Å². The molecule has 2 aromatic carbocycles. The third-order valence-electron chi connectivity index (χ3n) is 7.64. The van der Waals surface area contributed by atoms with Crippen molar-refractivity contribution in [3.63, 3.8) is 0 Å². The molecule has 0 aromatic heterocycles. The van der Waals surface area contributed by atoms with E-state index in [1.165, 1.54) is 4.90 Å². The van der Waals surface area contributed by atoms with Gasteiger partial charge in [-0.1, -0.05) is 54.6 Å². The number of hydrazone groups is 1. The molecule has 12 heteroatoms. The van der Waals surface area contributed by atoms with Crippen LogP contribution in [0.25, 0.3) is 12.2 Å². The highest BCUT2D eigenvalue weighted by Crippen LogP contribution is 2.38. The number of carbonyl (C=O) groups is 5. The largest absolute Gasteiger partial charge is 0.481 e. The predicted octanol–water partition coefficient (Wildman–Crippen LogP) is 2.12. The van der Waals surface area contributed by atoms with E-state index in [0.717, 1.165) is 34.9 Å². The number of nitrogens with two attached hydrogens (primary N) is 1. The van der Waals surface area contributed by atoms with Gasteiger partial charge < -0.3 is 21.5 Å². The third-order valence-corrected chi connectivity index (χ3v) is 7.64. The maximum absolute atomic E-state index is 14.2. The number of amides is 5. The van der Waals surface area contributed by atoms with Gasteiger partial charge in [0.1, 0.15) is 12.1 Å². The number of hydrogen-bond donors (Lipinski definition) is 5. The Morgan fingerprint density at radius 1 is 1.09 bits per heavy atom. The van der Waals surface area contributed by atoms with Crippen LogP contribution in [0.4, 0.5) is 10.5 Å². The minimum absolute atomic E-state index is 0.210. The van der Waals surface area contributed by atoms with E-state index in [9.17, 15) is 29.1 Å². The molecule has 0 spiro atoms. The highest BCUT2D eigenvalue weighted by Gasteiger charge is 2.43. The molecule has 222 valence electrons. The first-order chi connectivity index (χ1) is 20.7. The summed E-state index contributed by atoms with van der Waals surface area (Å²) in [6.45, 7) is 0. The topological polar surface area (TPSA) is 183 Å². The Labute approximate surface area is 247 Å². The normalized spacial score (nSPS) is 19.4. The van der Waals surface area contributed by atoms with Gasteiger partial charge >= 0.3 is 12.0 Å². The van der Waals surface area contributed by atoms with Crippen molar-refractivity contribution in [1.29, 1.82) is 0 Å². The molecule has 3 atom stereocenters. The van der Waals surface area contributed by atoms with Gasteiger partial charge in [-0.2, -0.15) is 5.10 Å². The molecule has 5 amide bonds. The Balaban J connectivity index is 1.42. The number of allylic oxidation sites excluding steroid dienone is 2. The number of nitrogens with zero attached hydrogens (tertiary/aromatic N) is 2. The van der Waals surface area contributed by atoms with E-state index in [1.54, 1.807) is 12.1 Å². The summed E-state index contributed by atoms with van der Waals surface area (Å²) in [6, 6.07) is 7.20. The van der Waals surface area contributed by atoms with Crippen LogP contribution in [0.1, 0.15) is 58.3 Å². The van der Waals surface area contributed by atoms with Gasteiger partial charge in [0.2, 0.25) is 11.8 Å². The van der Waals surface area contributed by atoms with Gasteiger partial charge in [0.05, 0.1) is 18.2 Å². The predicted molar refractivity (Wildman–Crippen MR) is 160 cm³/mol. The highest BCUT2D eigenvalue weighted by molar-refractivity contribution is 6.09. The molecule has 0 bridgehead atoms.